The molecule has 0 aliphatic rings. The first-order chi connectivity index (χ1) is 7.60. The third-order valence-electron chi connectivity index (χ3n) is 2.29. The van der Waals surface area contributed by atoms with E-state index in [1.165, 1.54) is 0 Å². The van der Waals surface area contributed by atoms with Gasteiger partial charge < -0.3 is 0 Å². The average molecular weight is 214 g/mol. The molecule has 0 saturated heterocycles. The Labute approximate surface area is 94.7 Å². The number of aromatic nitrogens is 4. The van der Waals surface area contributed by atoms with E-state index < -0.39 is 0 Å². The van der Waals surface area contributed by atoms with Gasteiger partial charge in [0, 0.05) is 5.69 Å². The van der Waals surface area contributed by atoms with Crippen molar-refractivity contribution in [2.24, 2.45) is 0 Å². The van der Waals surface area contributed by atoms with Crippen LogP contribution in [0.2, 0.25) is 0 Å². The van der Waals surface area contributed by atoms with Gasteiger partial charge in [0.15, 0.2) is 5.82 Å². The van der Waals surface area contributed by atoms with Crippen molar-refractivity contribution in [1.82, 2.24) is 19.7 Å². The molecule has 16 heavy (non-hydrogen) atoms. The summed E-state index contributed by atoms with van der Waals surface area (Å²) in [5.41, 5.74) is 1.98. The summed E-state index contributed by atoms with van der Waals surface area (Å²) >= 11 is 0. The van der Waals surface area contributed by atoms with Crippen molar-refractivity contribution in [3.63, 3.8) is 0 Å². The second kappa shape index (κ2) is 3.89. The smallest absolute Gasteiger partial charge is 0.156 e. The molecule has 0 fully saturated rings. The maximum atomic E-state index is 4.44. The highest BCUT2D eigenvalue weighted by atomic mass is 15.4. The molecule has 2 rings (SSSR count). The largest absolute Gasteiger partial charge is 0.234 e. The van der Waals surface area contributed by atoms with Gasteiger partial charge in [0.05, 0.1) is 0 Å². The highest BCUT2D eigenvalue weighted by molar-refractivity contribution is 5.50. The molecule has 0 unspecified atom stereocenters. The molecule has 2 heterocycles. The molecule has 2 aromatic rings. The van der Waals surface area contributed by atoms with E-state index in [0.717, 1.165) is 28.7 Å². The Morgan fingerprint density at radius 2 is 1.94 bits per heavy atom. The molecule has 0 spiro atoms. The zero-order valence-corrected chi connectivity index (χ0v) is 9.73. The van der Waals surface area contributed by atoms with Crippen LogP contribution in [0, 0.1) is 20.8 Å². The zero-order valence-electron chi connectivity index (χ0n) is 9.73. The number of pyridine rings is 1. The SMILES string of the molecule is C=Cc1cc(C)nc(-n2nc(C)nc2C)c1. The molecule has 0 radical (unpaired) electrons. The van der Waals surface area contributed by atoms with Crippen LogP contribution in [0.1, 0.15) is 22.9 Å². The van der Waals surface area contributed by atoms with Gasteiger partial charge in [0.2, 0.25) is 0 Å². The lowest BCUT2D eigenvalue weighted by atomic mass is 10.2. The van der Waals surface area contributed by atoms with Gasteiger partial charge in [-0.05, 0) is 38.5 Å². The highest BCUT2D eigenvalue weighted by Gasteiger charge is 2.07. The minimum atomic E-state index is 0.751. The van der Waals surface area contributed by atoms with Crippen LogP contribution in [0.15, 0.2) is 18.7 Å². The van der Waals surface area contributed by atoms with Crippen molar-refractivity contribution in [2.75, 3.05) is 0 Å². The molecule has 0 aromatic carbocycles. The first kappa shape index (κ1) is 10.5. The summed E-state index contributed by atoms with van der Waals surface area (Å²) in [7, 11) is 0. The molecule has 0 aliphatic carbocycles. The first-order valence-electron chi connectivity index (χ1n) is 5.12. The van der Waals surface area contributed by atoms with E-state index in [1.54, 1.807) is 10.8 Å². The Kier molecular flexibility index (Phi) is 2.56. The van der Waals surface area contributed by atoms with Crippen molar-refractivity contribution in [3.05, 3.63) is 41.6 Å². The molecule has 4 heteroatoms. The van der Waals surface area contributed by atoms with Crippen LogP contribution < -0.4 is 0 Å². The topological polar surface area (TPSA) is 43.6 Å². The van der Waals surface area contributed by atoms with Crippen LogP contribution in [0.3, 0.4) is 0 Å². The molecule has 82 valence electrons. The molecule has 0 aliphatic heterocycles. The second-order valence-corrected chi connectivity index (χ2v) is 3.72. The number of hydrogen-bond donors (Lipinski definition) is 0. The lowest BCUT2D eigenvalue weighted by Crippen LogP contribution is -2.03. The number of hydrogen-bond acceptors (Lipinski definition) is 3. The summed E-state index contributed by atoms with van der Waals surface area (Å²) in [4.78, 5) is 8.70. The van der Waals surface area contributed by atoms with E-state index >= 15 is 0 Å². The highest BCUT2D eigenvalue weighted by Crippen LogP contribution is 2.12. The maximum absolute atomic E-state index is 4.44. The van der Waals surface area contributed by atoms with Gasteiger partial charge in [-0.2, -0.15) is 4.68 Å². The van der Waals surface area contributed by atoms with Gasteiger partial charge in [-0.15, -0.1) is 5.10 Å². The Morgan fingerprint density at radius 1 is 1.19 bits per heavy atom. The van der Waals surface area contributed by atoms with Crippen LogP contribution in [0.4, 0.5) is 0 Å². The van der Waals surface area contributed by atoms with E-state index in [-0.39, 0.29) is 0 Å². The standard InChI is InChI=1S/C12H14N4/c1-5-11-6-8(2)13-12(7-11)16-10(4)14-9(3)15-16/h5-7H,1H2,2-4H3. The van der Waals surface area contributed by atoms with Gasteiger partial charge in [0.25, 0.3) is 0 Å². The Hall–Kier alpha value is -1.97. The van der Waals surface area contributed by atoms with Gasteiger partial charge in [-0.3, -0.25) is 0 Å². The molecule has 4 nitrogen and oxygen atoms in total. The van der Waals surface area contributed by atoms with Crippen LogP contribution >= 0.6 is 0 Å². The number of aryl methyl sites for hydroxylation is 3. The Bertz CT molecular complexity index is 540. The molecular formula is C12H14N4. The zero-order chi connectivity index (χ0) is 11.7. The van der Waals surface area contributed by atoms with E-state index in [1.807, 2.05) is 32.9 Å². The lowest BCUT2D eigenvalue weighted by molar-refractivity contribution is 0.799. The fourth-order valence-electron chi connectivity index (χ4n) is 1.64. The van der Waals surface area contributed by atoms with Gasteiger partial charge in [-0.25, -0.2) is 9.97 Å². The monoisotopic (exact) mass is 214 g/mol. The summed E-state index contributed by atoms with van der Waals surface area (Å²) in [5.74, 6) is 2.37. The predicted octanol–water partition coefficient (Wildman–Crippen LogP) is 2.23. The fraction of sp³-hybridized carbons (Fsp3) is 0.250. The lowest BCUT2D eigenvalue weighted by Gasteiger charge is -2.04. The molecule has 0 N–H and O–H groups in total. The van der Waals surface area contributed by atoms with E-state index in [4.69, 9.17) is 0 Å². The average Bonchev–Trinajstić information content (AvgIpc) is 2.57. The van der Waals surface area contributed by atoms with Crippen molar-refractivity contribution < 1.29 is 0 Å². The summed E-state index contributed by atoms with van der Waals surface area (Å²) in [6.45, 7) is 9.50. The van der Waals surface area contributed by atoms with Crippen molar-refractivity contribution in [2.45, 2.75) is 20.8 Å². The molecule has 0 saturated carbocycles. The molecule has 0 atom stereocenters. The summed E-state index contributed by atoms with van der Waals surface area (Å²) in [5, 5.41) is 4.31. The second-order valence-electron chi connectivity index (χ2n) is 3.72. The van der Waals surface area contributed by atoms with Crippen LogP contribution in [-0.4, -0.2) is 19.7 Å². The normalized spacial score (nSPS) is 10.4. The number of nitrogens with zero attached hydrogens (tertiary/aromatic N) is 4. The van der Waals surface area contributed by atoms with Crippen LogP contribution in [-0.2, 0) is 0 Å². The van der Waals surface area contributed by atoms with Crippen molar-refractivity contribution in [3.8, 4) is 5.82 Å². The van der Waals surface area contributed by atoms with Crippen molar-refractivity contribution in [1.29, 1.82) is 0 Å². The predicted molar refractivity (Wildman–Crippen MR) is 63.5 cm³/mol. The Balaban J connectivity index is 2.59. The summed E-state index contributed by atoms with van der Waals surface area (Å²) in [6.07, 6.45) is 1.80. The molecule has 0 bridgehead atoms. The van der Waals surface area contributed by atoms with Crippen molar-refractivity contribution >= 4 is 6.08 Å². The van der Waals surface area contributed by atoms with E-state index in [0.29, 0.717) is 0 Å². The molecule has 0 amide bonds. The minimum Gasteiger partial charge on any atom is -0.234 e. The van der Waals surface area contributed by atoms with Gasteiger partial charge in [-0.1, -0.05) is 12.7 Å². The third-order valence-corrected chi connectivity index (χ3v) is 2.29. The van der Waals surface area contributed by atoms with E-state index in [2.05, 4.69) is 21.6 Å². The molecular weight excluding hydrogens is 200 g/mol. The van der Waals surface area contributed by atoms with Gasteiger partial charge >= 0.3 is 0 Å². The first-order valence-corrected chi connectivity index (χ1v) is 5.12. The number of rotatable bonds is 2. The third kappa shape index (κ3) is 1.86. The van der Waals surface area contributed by atoms with E-state index in [9.17, 15) is 0 Å². The molecule has 2 aromatic heterocycles. The maximum Gasteiger partial charge on any atom is 0.156 e. The summed E-state index contributed by atoms with van der Waals surface area (Å²) in [6, 6.07) is 3.93. The van der Waals surface area contributed by atoms with Crippen LogP contribution in [0.25, 0.3) is 11.9 Å². The fourth-order valence-corrected chi connectivity index (χ4v) is 1.64. The quantitative estimate of drug-likeness (QED) is 0.770. The van der Waals surface area contributed by atoms with Gasteiger partial charge in [0.1, 0.15) is 11.6 Å². The minimum absolute atomic E-state index is 0.751. The van der Waals surface area contributed by atoms with Crippen LogP contribution in [0.5, 0.6) is 0 Å². The Morgan fingerprint density at radius 3 is 2.50 bits per heavy atom. The summed E-state index contributed by atoms with van der Waals surface area (Å²) < 4.78 is 1.75.